The number of alkyl halides is 3. The van der Waals surface area contributed by atoms with Crippen LogP contribution in [0.5, 0.6) is 5.75 Å². The van der Waals surface area contributed by atoms with Gasteiger partial charge >= 0.3 is 12.2 Å². The van der Waals surface area contributed by atoms with Gasteiger partial charge in [0.2, 0.25) is 0 Å². The molecule has 0 atom stereocenters. The van der Waals surface area contributed by atoms with Crippen LogP contribution in [0.25, 0.3) is 0 Å². The molecule has 11 heteroatoms. The second kappa shape index (κ2) is 8.99. The van der Waals surface area contributed by atoms with Gasteiger partial charge in [0, 0.05) is 12.6 Å². The highest BCUT2D eigenvalue weighted by Gasteiger charge is 2.41. The van der Waals surface area contributed by atoms with E-state index in [0.717, 1.165) is 6.07 Å². The van der Waals surface area contributed by atoms with E-state index < -0.39 is 23.7 Å². The number of hydrogen-bond acceptors (Lipinski definition) is 6. The van der Waals surface area contributed by atoms with Crippen LogP contribution in [-0.2, 0) is 6.42 Å². The van der Waals surface area contributed by atoms with Gasteiger partial charge in [0.05, 0.1) is 12.8 Å². The van der Waals surface area contributed by atoms with Crippen molar-refractivity contribution in [3.63, 3.8) is 0 Å². The number of hydrogen-bond donors (Lipinski definition) is 1. The molecule has 3 heterocycles. The first-order valence-electron chi connectivity index (χ1n) is 9.47. The Hall–Kier alpha value is -3.68. The molecule has 0 radical (unpaired) electrons. The lowest BCUT2D eigenvalue weighted by Crippen LogP contribution is -2.40. The number of nitrogens with zero attached hydrogens (tertiary/aromatic N) is 4. The normalized spacial score (nSPS) is 13.2. The number of carbonyl (C=O) groups excluding carboxylic acids is 2. The van der Waals surface area contributed by atoms with E-state index in [1.807, 2.05) is 13.0 Å². The molecule has 3 rings (SSSR count). The maximum absolute atomic E-state index is 12.8. The first-order chi connectivity index (χ1) is 14.7. The molecule has 1 aliphatic rings. The van der Waals surface area contributed by atoms with Crippen LogP contribution in [0, 0.1) is 11.3 Å². The zero-order valence-electron chi connectivity index (χ0n) is 16.5. The Balaban J connectivity index is 1.86. The Bertz CT molecular complexity index is 1050. The van der Waals surface area contributed by atoms with Crippen LogP contribution in [0.2, 0.25) is 0 Å². The molecule has 162 valence electrons. The quantitative estimate of drug-likeness (QED) is 0.718. The molecule has 0 fully saturated rings. The zero-order valence-corrected chi connectivity index (χ0v) is 16.5. The minimum absolute atomic E-state index is 0.00467. The first-order valence-corrected chi connectivity index (χ1v) is 9.47. The predicted molar refractivity (Wildman–Crippen MR) is 104 cm³/mol. The van der Waals surface area contributed by atoms with E-state index in [1.165, 1.54) is 23.2 Å². The van der Waals surface area contributed by atoms with Gasteiger partial charge in [0.15, 0.2) is 0 Å². The molecule has 0 saturated carbocycles. The third-order valence-electron chi connectivity index (χ3n) is 4.46. The molecule has 31 heavy (non-hydrogen) atoms. The molecule has 1 N–H and O–H groups in total. The van der Waals surface area contributed by atoms with Crippen molar-refractivity contribution in [2.24, 2.45) is 0 Å². The summed E-state index contributed by atoms with van der Waals surface area (Å²) in [6.07, 6.45) is -2.02. The monoisotopic (exact) mass is 433 g/mol. The van der Waals surface area contributed by atoms with Gasteiger partial charge in [-0.1, -0.05) is 13.0 Å². The summed E-state index contributed by atoms with van der Waals surface area (Å²) in [5.41, 5.74) is -0.0238. The van der Waals surface area contributed by atoms with Gasteiger partial charge in [-0.3, -0.25) is 15.0 Å². The number of urea groups is 1. The lowest BCUT2D eigenvalue weighted by Gasteiger charge is -2.28. The maximum atomic E-state index is 12.8. The number of aromatic nitrogens is 2. The molecule has 1 aliphatic heterocycles. The second-order valence-electron chi connectivity index (χ2n) is 6.72. The lowest BCUT2D eigenvalue weighted by molar-refractivity contribution is -0.0888. The first kappa shape index (κ1) is 22.0. The number of pyridine rings is 2. The number of nitrogens with one attached hydrogen (secondary N) is 1. The van der Waals surface area contributed by atoms with Crippen LogP contribution in [0.1, 0.15) is 41.4 Å². The molecular formula is C20H18F3N5O3. The number of ketones is 1. The standard InChI is InChI=1S/C20H18F3N5O3/c1-2-8-31-15-9-16(25-11-13(15)10-24)27-19(30)28-7-3-4-12-5-6-14(26-18(12)28)17(29)20(21,22)23/h5-6,9,11H,2-4,7-8H2,1H3,(H,25,27,30). The Morgan fingerprint density at radius 3 is 2.81 bits per heavy atom. The van der Waals surface area contributed by atoms with Gasteiger partial charge < -0.3 is 4.74 Å². The summed E-state index contributed by atoms with van der Waals surface area (Å²) in [4.78, 5) is 33.3. The summed E-state index contributed by atoms with van der Waals surface area (Å²) in [7, 11) is 0. The zero-order chi connectivity index (χ0) is 22.6. The van der Waals surface area contributed by atoms with E-state index >= 15 is 0 Å². The van der Waals surface area contributed by atoms with Crippen molar-refractivity contribution in [2.75, 3.05) is 23.4 Å². The average Bonchev–Trinajstić information content (AvgIpc) is 2.75. The van der Waals surface area contributed by atoms with E-state index in [0.29, 0.717) is 31.4 Å². The van der Waals surface area contributed by atoms with E-state index in [2.05, 4.69) is 15.3 Å². The van der Waals surface area contributed by atoms with Crippen LogP contribution in [0.4, 0.5) is 29.6 Å². The van der Waals surface area contributed by atoms with Crippen molar-refractivity contribution >= 4 is 23.5 Å². The van der Waals surface area contributed by atoms with Crippen LogP contribution in [0.3, 0.4) is 0 Å². The SMILES string of the molecule is CCCOc1cc(NC(=O)N2CCCc3ccc(C(=O)C(F)(F)F)nc32)ncc1C#N. The van der Waals surface area contributed by atoms with E-state index in [4.69, 9.17) is 10.00 Å². The van der Waals surface area contributed by atoms with Crippen LogP contribution in [0.15, 0.2) is 24.4 Å². The molecule has 0 saturated heterocycles. The van der Waals surface area contributed by atoms with E-state index in [1.54, 1.807) is 0 Å². The Morgan fingerprint density at radius 1 is 1.35 bits per heavy atom. The summed E-state index contributed by atoms with van der Waals surface area (Å²) in [6, 6.07) is 5.05. The van der Waals surface area contributed by atoms with Crippen molar-refractivity contribution in [3.05, 3.63) is 41.2 Å². The van der Waals surface area contributed by atoms with Gasteiger partial charge in [-0.25, -0.2) is 14.8 Å². The number of aryl methyl sites for hydroxylation is 1. The second-order valence-corrected chi connectivity index (χ2v) is 6.72. The highest BCUT2D eigenvalue weighted by atomic mass is 19.4. The van der Waals surface area contributed by atoms with Crippen molar-refractivity contribution in [1.29, 1.82) is 5.26 Å². The topological polar surface area (TPSA) is 108 Å². The van der Waals surface area contributed by atoms with Gasteiger partial charge in [-0.05, 0) is 30.9 Å². The van der Waals surface area contributed by atoms with Gasteiger partial charge in [0.1, 0.15) is 34.7 Å². The Labute approximate surface area is 175 Å². The Morgan fingerprint density at radius 2 is 2.13 bits per heavy atom. The lowest BCUT2D eigenvalue weighted by atomic mass is 10.0. The number of ether oxygens (including phenoxy) is 1. The van der Waals surface area contributed by atoms with Gasteiger partial charge in [-0.15, -0.1) is 0 Å². The third kappa shape index (κ3) is 4.91. The minimum atomic E-state index is -5.07. The van der Waals surface area contributed by atoms with E-state index in [-0.39, 0.29) is 29.5 Å². The largest absolute Gasteiger partial charge is 0.492 e. The Kier molecular flexibility index (Phi) is 6.39. The molecule has 0 spiro atoms. The highest BCUT2D eigenvalue weighted by Crippen LogP contribution is 2.29. The van der Waals surface area contributed by atoms with E-state index in [9.17, 15) is 22.8 Å². The van der Waals surface area contributed by atoms with Crippen molar-refractivity contribution in [1.82, 2.24) is 9.97 Å². The van der Waals surface area contributed by atoms with Crippen LogP contribution in [-0.4, -0.2) is 41.1 Å². The number of rotatable bonds is 5. The van der Waals surface area contributed by atoms with Crippen LogP contribution >= 0.6 is 0 Å². The molecule has 0 bridgehead atoms. The third-order valence-corrected chi connectivity index (χ3v) is 4.46. The maximum Gasteiger partial charge on any atom is 0.456 e. The molecule has 0 unspecified atom stereocenters. The molecular weight excluding hydrogens is 415 g/mol. The number of halogens is 3. The van der Waals surface area contributed by atoms with Crippen molar-refractivity contribution in [2.45, 2.75) is 32.4 Å². The predicted octanol–water partition coefficient (Wildman–Crippen LogP) is 3.87. The number of nitriles is 1. The summed E-state index contributed by atoms with van der Waals surface area (Å²) < 4.78 is 43.8. The summed E-state index contributed by atoms with van der Waals surface area (Å²) in [5.74, 6) is -1.72. The summed E-state index contributed by atoms with van der Waals surface area (Å²) in [5, 5.41) is 11.7. The number of Topliss-reactive ketones (excluding diaryl/α,β-unsaturated/α-hetero) is 1. The fraction of sp³-hybridized carbons (Fsp3) is 0.350. The summed E-state index contributed by atoms with van der Waals surface area (Å²) >= 11 is 0. The molecule has 2 amide bonds. The molecule has 8 nitrogen and oxygen atoms in total. The van der Waals surface area contributed by atoms with Gasteiger partial charge in [-0.2, -0.15) is 18.4 Å². The number of amides is 2. The fourth-order valence-corrected chi connectivity index (χ4v) is 3.01. The molecule has 0 aliphatic carbocycles. The molecule has 2 aromatic rings. The fourth-order valence-electron chi connectivity index (χ4n) is 3.01. The average molecular weight is 433 g/mol. The van der Waals surface area contributed by atoms with Crippen LogP contribution < -0.4 is 15.0 Å². The van der Waals surface area contributed by atoms with Gasteiger partial charge in [0.25, 0.3) is 5.78 Å². The molecule has 2 aromatic heterocycles. The van der Waals surface area contributed by atoms with Crippen molar-refractivity contribution < 1.29 is 27.5 Å². The highest BCUT2D eigenvalue weighted by molar-refractivity contribution is 6.03. The molecule has 0 aromatic carbocycles. The minimum Gasteiger partial charge on any atom is -0.492 e. The smallest absolute Gasteiger partial charge is 0.456 e. The number of fused-ring (bicyclic) bond motifs is 1. The van der Waals surface area contributed by atoms with Crippen molar-refractivity contribution in [3.8, 4) is 11.8 Å². The number of carbonyl (C=O) groups is 2. The number of anilines is 2. The summed E-state index contributed by atoms with van der Waals surface area (Å²) in [6.45, 7) is 2.46.